The molecule has 4 rings (SSSR count). The van der Waals surface area contributed by atoms with Crippen LogP contribution >= 0.6 is 0 Å². The van der Waals surface area contributed by atoms with Gasteiger partial charge >= 0.3 is 0 Å². The van der Waals surface area contributed by atoms with Gasteiger partial charge in [-0.3, -0.25) is 19.7 Å². The summed E-state index contributed by atoms with van der Waals surface area (Å²) in [6.45, 7) is 1.42. The Morgan fingerprint density at radius 2 is 1.77 bits per heavy atom. The average molecular weight is 355 g/mol. The van der Waals surface area contributed by atoms with E-state index in [4.69, 9.17) is 4.42 Å². The largest absolute Gasteiger partial charge is 0.469 e. The lowest BCUT2D eigenvalue weighted by Crippen LogP contribution is -2.63. The standard InChI is InChI=1S/C19H17NO6/c1-18(23)9-8-13(20(24)25)15(14-7-4-10-26-14)19(18)16(21)11-5-2-3-6-12(11)17(19)22/h2-7,10,13,15,23H,8-9H2,1H3/t13-,15-,18+/m0/s1. The first-order valence-electron chi connectivity index (χ1n) is 8.40. The molecule has 1 fully saturated rings. The van der Waals surface area contributed by atoms with Crippen LogP contribution in [0.25, 0.3) is 0 Å². The lowest BCUT2D eigenvalue weighted by molar-refractivity contribution is -0.535. The summed E-state index contributed by atoms with van der Waals surface area (Å²) in [6.07, 6.45) is 1.37. The quantitative estimate of drug-likeness (QED) is 0.504. The number of aliphatic hydroxyl groups is 1. The molecular weight excluding hydrogens is 338 g/mol. The lowest BCUT2D eigenvalue weighted by Gasteiger charge is -2.48. The van der Waals surface area contributed by atoms with Crippen molar-refractivity contribution < 1.29 is 24.0 Å². The second-order valence-electron chi connectivity index (χ2n) is 7.17. The highest BCUT2D eigenvalue weighted by molar-refractivity contribution is 6.31. The number of rotatable bonds is 2. The van der Waals surface area contributed by atoms with E-state index in [1.807, 2.05) is 0 Å². The molecule has 3 atom stereocenters. The molecule has 0 unspecified atom stereocenters. The monoisotopic (exact) mass is 355 g/mol. The second-order valence-corrected chi connectivity index (χ2v) is 7.17. The van der Waals surface area contributed by atoms with Crippen LogP contribution in [0.4, 0.5) is 0 Å². The number of carbonyl (C=O) groups is 2. The number of fused-ring (bicyclic) bond motifs is 1. The Morgan fingerprint density at radius 3 is 2.27 bits per heavy atom. The topological polar surface area (TPSA) is 111 Å². The van der Waals surface area contributed by atoms with Crippen molar-refractivity contribution in [1.29, 1.82) is 0 Å². The number of nitro groups is 1. The van der Waals surface area contributed by atoms with E-state index in [-0.39, 0.29) is 29.7 Å². The molecular formula is C19H17NO6. The molecule has 2 aliphatic rings. The predicted octanol–water partition coefficient (Wildman–Crippen LogP) is 2.62. The first-order chi connectivity index (χ1) is 12.3. The molecule has 7 nitrogen and oxygen atoms in total. The normalized spacial score (nSPS) is 29.8. The summed E-state index contributed by atoms with van der Waals surface area (Å²) in [5, 5.41) is 23.0. The zero-order valence-corrected chi connectivity index (χ0v) is 14.0. The zero-order valence-electron chi connectivity index (χ0n) is 14.0. The molecule has 26 heavy (non-hydrogen) atoms. The number of furan rings is 1. The third kappa shape index (κ3) is 1.86. The van der Waals surface area contributed by atoms with Crippen molar-refractivity contribution in [2.24, 2.45) is 5.41 Å². The van der Waals surface area contributed by atoms with Gasteiger partial charge in [0.2, 0.25) is 6.04 Å². The van der Waals surface area contributed by atoms with Crippen LogP contribution in [0.1, 0.15) is 52.2 Å². The molecule has 0 bridgehead atoms. The summed E-state index contributed by atoms with van der Waals surface area (Å²) < 4.78 is 5.41. The first-order valence-corrected chi connectivity index (χ1v) is 8.40. The number of ketones is 2. The SMILES string of the molecule is C[C@@]1(O)CC[C@H]([N+](=O)[O-])[C@@H](c2ccco2)C12C(=O)c1ccccc1C2=O. The molecule has 1 heterocycles. The van der Waals surface area contributed by atoms with E-state index >= 15 is 0 Å². The summed E-state index contributed by atoms with van der Waals surface area (Å²) in [6, 6.07) is 8.18. The van der Waals surface area contributed by atoms with Crippen molar-refractivity contribution in [2.45, 2.75) is 37.3 Å². The number of hydrogen-bond donors (Lipinski definition) is 1. The average Bonchev–Trinajstić information content (AvgIpc) is 3.20. The maximum atomic E-state index is 13.4. The fourth-order valence-electron chi connectivity index (χ4n) is 4.69. The van der Waals surface area contributed by atoms with E-state index in [1.165, 1.54) is 31.4 Å². The molecule has 1 N–H and O–H groups in total. The fourth-order valence-corrected chi connectivity index (χ4v) is 4.69. The highest BCUT2D eigenvalue weighted by Crippen LogP contribution is 2.59. The van der Waals surface area contributed by atoms with Gasteiger partial charge < -0.3 is 9.52 Å². The Morgan fingerprint density at radius 1 is 1.15 bits per heavy atom. The highest BCUT2D eigenvalue weighted by atomic mass is 16.6. The van der Waals surface area contributed by atoms with Crippen molar-refractivity contribution in [3.8, 4) is 0 Å². The van der Waals surface area contributed by atoms with Gasteiger partial charge in [0.1, 0.15) is 17.1 Å². The Kier molecular flexibility index (Phi) is 3.43. The summed E-state index contributed by atoms with van der Waals surface area (Å²) in [7, 11) is 0. The van der Waals surface area contributed by atoms with Gasteiger partial charge in [-0.05, 0) is 25.5 Å². The lowest BCUT2D eigenvalue weighted by atomic mass is 9.53. The van der Waals surface area contributed by atoms with Gasteiger partial charge in [-0.15, -0.1) is 0 Å². The van der Waals surface area contributed by atoms with Crippen LogP contribution in [0.5, 0.6) is 0 Å². The minimum absolute atomic E-state index is 0.0265. The van der Waals surface area contributed by atoms with E-state index < -0.39 is 39.5 Å². The Balaban J connectivity index is 2.03. The Bertz CT molecular complexity index is 879. The van der Waals surface area contributed by atoms with Crippen molar-refractivity contribution >= 4 is 11.6 Å². The number of Topliss-reactive ketones (excluding diaryl/α,β-unsaturated/α-hetero) is 2. The molecule has 2 aromatic rings. The molecule has 134 valence electrons. The maximum Gasteiger partial charge on any atom is 0.224 e. The first kappa shape index (κ1) is 16.7. The summed E-state index contributed by atoms with van der Waals surface area (Å²) in [5.74, 6) is -2.16. The Labute approximate surface area is 148 Å². The summed E-state index contributed by atoms with van der Waals surface area (Å²) >= 11 is 0. The minimum Gasteiger partial charge on any atom is -0.469 e. The van der Waals surface area contributed by atoms with E-state index in [1.54, 1.807) is 18.2 Å². The zero-order chi connectivity index (χ0) is 18.7. The van der Waals surface area contributed by atoms with Gasteiger partial charge in [-0.25, -0.2) is 0 Å². The highest BCUT2D eigenvalue weighted by Gasteiger charge is 2.73. The van der Waals surface area contributed by atoms with Gasteiger partial charge in [-0.1, -0.05) is 24.3 Å². The number of carbonyl (C=O) groups excluding carboxylic acids is 2. The van der Waals surface area contributed by atoms with Gasteiger partial charge in [-0.2, -0.15) is 0 Å². The van der Waals surface area contributed by atoms with Crippen LogP contribution < -0.4 is 0 Å². The maximum absolute atomic E-state index is 13.4. The molecule has 0 aliphatic heterocycles. The van der Waals surface area contributed by atoms with Crippen molar-refractivity contribution in [1.82, 2.24) is 0 Å². The third-order valence-electron chi connectivity index (χ3n) is 5.88. The van der Waals surface area contributed by atoms with Crippen LogP contribution in [-0.4, -0.2) is 33.2 Å². The predicted molar refractivity (Wildman–Crippen MR) is 89.6 cm³/mol. The molecule has 0 radical (unpaired) electrons. The van der Waals surface area contributed by atoms with E-state index in [9.17, 15) is 24.8 Å². The smallest absolute Gasteiger partial charge is 0.224 e. The van der Waals surface area contributed by atoms with Crippen LogP contribution in [0.15, 0.2) is 47.1 Å². The summed E-state index contributed by atoms with van der Waals surface area (Å²) in [4.78, 5) is 38.1. The number of hydrogen-bond acceptors (Lipinski definition) is 6. The number of nitrogens with zero attached hydrogens (tertiary/aromatic N) is 1. The van der Waals surface area contributed by atoms with Crippen LogP contribution in [0.3, 0.4) is 0 Å². The van der Waals surface area contributed by atoms with Crippen LogP contribution in [0.2, 0.25) is 0 Å². The molecule has 0 saturated heterocycles. The molecule has 0 amide bonds. The molecule has 7 heteroatoms. The minimum atomic E-state index is -1.97. The van der Waals surface area contributed by atoms with Crippen molar-refractivity contribution in [2.75, 3.05) is 0 Å². The summed E-state index contributed by atoms with van der Waals surface area (Å²) in [5.41, 5.74) is -3.31. The van der Waals surface area contributed by atoms with Gasteiger partial charge in [0.15, 0.2) is 11.6 Å². The van der Waals surface area contributed by atoms with Crippen LogP contribution in [0, 0.1) is 15.5 Å². The molecule has 1 aromatic carbocycles. The molecule has 2 aliphatic carbocycles. The number of benzene rings is 1. The Hall–Kier alpha value is -2.80. The van der Waals surface area contributed by atoms with Crippen LogP contribution in [-0.2, 0) is 0 Å². The van der Waals surface area contributed by atoms with E-state index in [0.717, 1.165) is 0 Å². The molecule has 1 aromatic heterocycles. The molecule has 1 spiro atoms. The van der Waals surface area contributed by atoms with Gasteiger partial charge in [0.25, 0.3) is 0 Å². The fraction of sp³-hybridized carbons (Fsp3) is 0.368. The van der Waals surface area contributed by atoms with Gasteiger partial charge in [0.05, 0.1) is 11.9 Å². The molecule has 1 saturated carbocycles. The van der Waals surface area contributed by atoms with Gasteiger partial charge in [0, 0.05) is 22.5 Å². The second kappa shape index (κ2) is 5.35. The van der Waals surface area contributed by atoms with Crippen molar-refractivity contribution in [3.63, 3.8) is 0 Å². The van der Waals surface area contributed by atoms with Crippen molar-refractivity contribution in [3.05, 3.63) is 69.7 Å². The van der Waals surface area contributed by atoms with E-state index in [2.05, 4.69) is 0 Å². The third-order valence-corrected chi connectivity index (χ3v) is 5.88. The van der Waals surface area contributed by atoms with E-state index in [0.29, 0.717) is 0 Å².